The van der Waals surface area contributed by atoms with Crippen LogP contribution in [0, 0.1) is 12.7 Å². The molecule has 0 bridgehead atoms. The van der Waals surface area contributed by atoms with Gasteiger partial charge >= 0.3 is 5.63 Å². The first-order valence-corrected chi connectivity index (χ1v) is 9.72. The number of fused-ring (bicyclic) bond motifs is 1. The van der Waals surface area contributed by atoms with Crippen LogP contribution in [-0.4, -0.2) is 24.9 Å². The molecule has 0 saturated carbocycles. The van der Waals surface area contributed by atoms with Crippen LogP contribution in [0.5, 0.6) is 23.0 Å². The lowest BCUT2D eigenvalue weighted by molar-refractivity contribution is -0.116. The van der Waals surface area contributed by atoms with Crippen molar-refractivity contribution in [1.29, 1.82) is 0 Å². The quantitative estimate of drug-likeness (QED) is 0.601. The maximum absolute atomic E-state index is 13.2. The highest BCUT2D eigenvalue weighted by Gasteiger charge is 2.29. The largest absolute Gasteiger partial charge is 0.507 e. The first kappa shape index (κ1) is 21.2. The second-order valence-electron chi connectivity index (χ2n) is 7.21. The van der Waals surface area contributed by atoms with Crippen molar-refractivity contribution in [2.45, 2.75) is 19.3 Å². The van der Waals surface area contributed by atoms with Gasteiger partial charge < -0.3 is 29.1 Å². The van der Waals surface area contributed by atoms with Crippen molar-refractivity contribution in [2.75, 3.05) is 19.2 Å². The van der Waals surface area contributed by atoms with Crippen molar-refractivity contribution in [3.05, 3.63) is 75.6 Å². The Morgan fingerprint density at radius 1 is 1.22 bits per heavy atom. The molecule has 1 aliphatic heterocycles. The standard InChI is InChI=1S/C23H20FNO7/c1-12-7-17(26)21(23(28)32-12)16(10-20(27)25-15-5-3-14(24)4-6-15)13-8-18(29-2)22-19(9-13)30-11-31-22/h3-9,16,26H,10-11H2,1-2H3,(H,25,27)/t16-/m0/s1. The number of benzene rings is 2. The predicted octanol–water partition coefficient (Wildman–Crippen LogP) is 3.69. The molecule has 0 radical (unpaired) electrons. The number of hydrogen-bond acceptors (Lipinski definition) is 7. The zero-order valence-corrected chi connectivity index (χ0v) is 17.3. The molecule has 0 unspecified atom stereocenters. The van der Waals surface area contributed by atoms with Gasteiger partial charge in [-0.1, -0.05) is 0 Å². The second kappa shape index (κ2) is 8.62. The Morgan fingerprint density at radius 2 is 1.97 bits per heavy atom. The van der Waals surface area contributed by atoms with Crippen LogP contribution in [0.25, 0.3) is 0 Å². The van der Waals surface area contributed by atoms with E-state index in [9.17, 15) is 19.1 Å². The summed E-state index contributed by atoms with van der Waals surface area (Å²) in [7, 11) is 1.45. The van der Waals surface area contributed by atoms with Gasteiger partial charge in [0.05, 0.1) is 12.7 Å². The van der Waals surface area contributed by atoms with Crippen LogP contribution in [0.4, 0.5) is 10.1 Å². The van der Waals surface area contributed by atoms with E-state index in [1.807, 2.05) is 0 Å². The lowest BCUT2D eigenvalue weighted by atomic mass is 9.88. The van der Waals surface area contributed by atoms with Gasteiger partial charge in [0, 0.05) is 24.1 Å². The van der Waals surface area contributed by atoms with Gasteiger partial charge in [-0.15, -0.1) is 0 Å². The van der Waals surface area contributed by atoms with E-state index in [0.717, 1.165) is 0 Å². The summed E-state index contributed by atoms with van der Waals surface area (Å²) in [5, 5.41) is 13.2. The molecule has 1 amide bonds. The molecule has 2 heterocycles. The van der Waals surface area contributed by atoms with Crippen molar-refractivity contribution in [3.8, 4) is 23.0 Å². The first-order chi connectivity index (χ1) is 15.4. The van der Waals surface area contributed by atoms with Crippen LogP contribution in [0.3, 0.4) is 0 Å². The molecule has 2 aromatic carbocycles. The molecular weight excluding hydrogens is 421 g/mol. The van der Waals surface area contributed by atoms with Crippen LogP contribution in [0.1, 0.15) is 29.2 Å². The minimum Gasteiger partial charge on any atom is -0.507 e. The van der Waals surface area contributed by atoms with E-state index >= 15 is 0 Å². The Morgan fingerprint density at radius 3 is 2.66 bits per heavy atom. The minimum absolute atomic E-state index is 0.00276. The van der Waals surface area contributed by atoms with E-state index < -0.39 is 23.3 Å². The number of anilines is 1. The topological polar surface area (TPSA) is 107 Å². The highest BCUT2D eigenvalue weighted by atomic mass is 19.1. The zero-order valence-electron chi connectivity index (χ0n) is 17.3. The molecule has 9 heteroatoms. The average molecular weight is 441 g/mol. The Kier molecular flexibility index (Phi) is 5.72. The van der Waals surface area contributed by atoms with E-state index in [0.29, 0.717) is 28.5 Å². The Labute approximate surface area is 182 Å². The molecule has 0 fully saturated rings. The fraction of sp³-hybridized carbons (Fsp3) is 0.217. The van der Waals surface area contributed by atoms with Crippen LogP contribution in [-0.2, 0) is 4.79 Å². The highest BCUT2D eigenvalue weighted by Crippen LogP contribution is 2.45. The Balaban J connectivity index is 1.75. The number of halogens is 1. The summed E-state index contributed by atoms with van der Waals surface area (Å²) in [4.78, 5) is 25.5. The van der Waals surface area contributed by atoms with Crippen LogP contribution in [0.2, 0.25) is 0 Å². The summed E-state index contributed by atoms with van der Waals surface area (Å²) >= 11 is 0. The minimum atomic E-state index is -0.893. The summed E-state index contributed by atoms with van der Waals surface area (Å²) < 4.78 is 34.6. The number of nitrogens with one attached hydrogen (secondary N) is 1. The molecule has 3 aromatic rings. The fourth-order valence-corrected chi connectivity index (χ4v) is 3.59. The van der Waals surface area contributed by atoms with Crippen molar-refractivity contribution in [2.24, 2.45) is 0 Å². The van der Waals surface area contributed by atoms with Gasteiger partial charge in [0.25, 0.3) is 0 Å². The molecule has 8 nitrogen and oxygen atoms in total. The van der Waals surface area contributed by atoms with E-state index in [-0.39, 0.29) is 30.3 Å². The fourth-order valence-electron chi connectivity index (χ4n) is 3.59. The molecule has 1 aromatic heterocycles. The van der Waals surface area contributed by atoms with Crippen LogP contribution in [0.15, 0.2) is 51.7 Å². The van der Waals surface area contributed by atoms with E-state index in [1.165, 1.54) is 44.4 Å². The number of amides is 1. The van der Waals surface area contributed by atoms with Gasteiger partial charge in [-0.25, -0.2) is 9.18 Å². The van der Waals surface area contributed by atoms with Gasteiger partial charge in [-0.3, -0.25) is 4.79 Å². The zero-order chi connectivity index (χ0) is 22.8. The van der Waals surface area contributed by atoms with Crippen molar-refractivity contribution >= 4 is 11.6 Å². The van der Waals surface area contributed by atoms with Gasteiger partial charge in [0.15, 0.2) is 11.5 Å². The van der Waals surface area contributed by atoms with Crippen molar-refractivity contribution in [1.82, 2.24) is 0 Å². The normalized spacial score (nSPS) is 13.0. The Hall–Kier alpha value is -4.01. The number of methoxy groups -OCH3 is 1. The monoisotopic (exact) mass is 441 g/mol. The molecule has 32 heavy (non-hydrogen) atoms. The highest BCUT2D eigenvalue weighted by molar-refractivity contribution is 5.91. The lowest BCUT2D eigenvalue weighted by Gasteiger charge is -2.19. The maximum Gasteiger partial charge on any atom is 0.343 e. The van der Waals surface area contributed by atoms with E-state index in [4.69, 9.17) is 18.6 Å². The number of aryl methyl sites for hydroxylation is 1. The third kappa shape index (κ3) is 4.22. The molecular formula is C23H20FNO7. The van der Waals surface area contributed by atoms with E-state index in [2.05, 4.69) is 5.32 Å². The summed E-state index contributed by atoms with van der Waals surface area (Å²) in [6.07, 6.45) is -0.221. The lowest BCUT2D eigenvalue weighted by Crippen LogP contribution is -2.21. The van der Waals surface area contributed by atoms with Gasteiger partial charge in [0.1, 0.15) is 17.3 Å². The van der Waals surface area contributed by atoms with Crippen molar-refractivity contribution in [3.63, 3.8) is 0 Å². The Bertz CT molecular complexity index is 1220. The third-order valence-corrected chi connectivity index (χ3v) is 5.04. The van der Waals surface area contributed by atoms with Gasteiger partial charge in [0.2, 0.25) is 18.4 Å². The summed E-state index contributed by atoms with van der Waals surface area (Å²) in [6.45, 7) is 1.54. The van der Waals surface area contributed by atoms with Crippen LogP contribution < -0.4 is 25.2 Å². The van der Waals surface area contributed by atoms with E-state index in [1.54, 1.807) is 12.1 Å². The first-order valence-electron chi connectivity index (χ1n) is 9.72. The molecule has 0 aliphatic carbocycles. The number of ether oxygens (including phenoxy) is 3. The van der Waals surface area contributed by atoms with Crippen molar-refractivity contribution < 1.29 is 32.9 Å². The molecule has 1 aliphatic rings. The third-order valence-electron chi connectivity index (χ3n) is 5.04. The number of rotatable bonds is 6. The summed E-state index contributed by atoms with van der Waals surface area (Å²) in [5.74, 6) is -0.701. The number of aromatic hydroxyl groups is 1. The molecule has 1 atom stereocenters. The molecule has 2 N–H and O–H groups in total. The molecule has 0 saturated heterocycles. The summed E-state index contributed by atoms with van der Waals surface area (Å²) in [6, 6.07) is 9.83. The maximum atomic E-state index is 13.2. The average Bonchev–Trinajstić information content (AvgIpc) is 3.22. The molecule has 0 spiro atoms. The molecule has 166 valence electrons. The second-order valence-corrected chi connectivity index (χ2v) is 7.21. The molecule has 4 rings (SSSR count). The van der Waals surface area contributed by atoms with Gasteiger partial charge in [-0.2, -0.15) is 0 Å². The number of carbonyl (C=O) groups is 1. The van der Waals surface area contributed by atoms with Gasteiger partial charge in [-0.05, 0) is 48.9 Å². The SMILES string of the molecule is COc1cc([C@H](CC(=O)Nc2ccc(F)cc2)c2c(O)cc(C)oc2=O)cc2c1OCO2. The number of carbonyl (C=O) groups excluding carboxylic acids is 1. The predicted molar refractivity (Wildman–Crippen MR) is 112 cm³/mol. The van der Waals surface area contributed by atoms with Crippen LogP contribution >= 0.6 is 0 Å². The number of hydrogen-bond donors (Lipinski definition) is 2. The summed E-state index contributed by atoms with van der Waals surface area (Å²) in [5.41, 5.74) is 0.0230. The smallest absolute Gasteiger partial charge is 0.343 e.